The van der Waals surface area contributed by atoms with Crippen molar-refractivity contribution in [2.24, 2.45) is 0 Å². The van der Waals surface area contributed by atoms with E-state index in [1.165, 1.54) is 0 Å². The lowest BCUT2D eigenvalue weighted by Crippen LogP contribution is -1.99. The molecule has 6 nitrogen and oxygen atoms in total. The highest BCUT2D eigenvalue weighted by Crippen LogP contribution is 2.34. The summed E-state index contributed by atoms with van der Waals surface area (Å²) in [6.07, 6.45) is 3.59. The summed E-state index contributed by atoms with van der Waals surface area (Å²) in [4.78, 5) is 8.98. The van der Waals surface area contributed by atoms with Crippen LogP contribution in [0.4, 0.5) is 0 Å². The lowest BCUT2D eigenvalue weighted by Gasteiger charge is -2.11. The molecule has 6 heteroatoms. The molecule has 0 bridgehead atoms. The molecule has 0 aliphatic heterocycles. The molecule has 1 N–H and O–H groups in total. The standard InChI is InChI=1S/C20H19N3O3/c1-25-18-7-15-16(8-19(18)26-2)21-9-17-20(15)23(12-22-17)10-13-3-5-14(11-24)6-4-13/h3-9,12,24H,10-11H2,1-2H3. The van der Waals surface area contributed by atoms with Gasteiger partial charge in [-0.05, 0) is 17.2 Å². The van der Waals surface area contributed by atoms with Crippen LogP contribution in [0.5, 0.6) is 11.5 Å². The number of hydrogen-bond acceptors (Lipinski definition) is 5. The number of benzene rings is 2. The monoisotopic (exact) mass is 349 g/mol. The molecule has 0 aliphatic rings. The number of fused-ring (bicyclic) bond motifs is 3. The van der Waals surface area contributed by atoms with Gasteiger partial charge in [0.05, 0.1) is 44.4 Å². The molecule has 2 aromatic carbocycles. The van der Waals surface area contributed by atoms with Gasteiger partial charge in [0.2, 0.25) is 0 Å². The van der Waals surface area contributed by atoms with Gasteiger partial charge in [-0.25, -0.2) is 4.98 Å². The fraction of sp³-hybridized carbons (Fsp3) is 0.200. The molecule has 0 unspecified atom stereocenters. The number of aliphatic hydroxyl groups is 1. The van der Waals surface area contributed by atoms with Crippen LogP contribution in [0.1, 0.15) is 11.1 Å². The first-order valence-electron chi connectivity index (χ1n) is 8.27. The van der Waals surface area contributed by atoms with Crippen LogP contribution in [0, 0.1) is 0 Å². The van der Waals surface area contributed by atoms with Gasteiger partial charge in [0.15, 0.2) is 11.5 Å². The van der Waals surface area contributed by atoms with E-state index in [0.717, 1.165) is 33.1 Å². The molecular formula is C20H19N3O3. The first kappa shape index (κ1) is 16.4. The Labute approximate surface area is 150 Å². The van der Waals surface area contributed by atoms with Crippen molar-refractivity contribution < 1.29 is 14.6 Å². The molecule has 0 aliphatic carbocycles. The number of ether oxygens (including phenoxy) is 2. The van der Waals surface area contributed by atoms with E-state index in [2.05, 4.69) is 14.5 Å². The molecular weight excluding hydrogens is 330 g/mol. The summed E-state index contributed by atoms with van der Waals surface area (Å²) in [5, 5.41) is 10.2. The molecule has 26 heavy (non-hydrogen) atoms. The summed E-state index contributed by atoms with van der Waals surface area (Å²) in [6, 6.07) is 11.7. The van der Waals surface area contributed by atoms with Crippen molar-refractivity contribution in [2.45, 2.75) is 13.2 Å². The predicted octanol–water partition coefficient (Wildman–Crippen LogP) is 3.14. The second-order valence-electron chi connectivity index (χ2n) is 6.06. The van der Waals surface area contributed by atoms with E-state index >= 15 is 0 Å². The van der Waals surface area contributed by atoms with Crippen LogP contribution in [0.2, 0.25) is 0 Å². The predicted molar refractivity (Wildman–Crippen MR) is 99.6 cm³/mol. The van der Waals surface area contributed by atoms with Crippen LogP contribution < -0.4 is 9.47 Å². The first-order valence-corrected chi connectivity index (χ1v) is 8.27. The summed E-state index contributed by atoms with van der Waals surface area (Å²) in [5.74, 6) is 1.31. The molecule has 0 saturated heterocycles. The molecule has 4 aromatic rings. The maximum absolute atomic E-state index is 9.19. The topological polar surface area (TPSA) is 69.4 Å². The zero-order valence-electron chi connectivity index (χ0n) is 14.6. The fourth-order valence-electron chi connectivity index (χ4n) is 3.15. The van der Waals surface area contributed by atoms with Crippen molar-refractivity contribution in [3.63, 3.8) is 0 Å². The van der Waals surface area contributed by atoms with Crippen molar-refractivity contribution in [3.05, 3.63) is 60.0 Å². The van der Waals surface area contributed by atoms with Crippen LogP contribution in [0.3, 0.4) is 0 Å². The number of methoxy groups -OCH3 is 2. The average molecular weight is 349 g/mol. The quantitative estimate of drug-likeness (QED) is 0.599. The summed E-state index contributed by atoms with van der Waals surface area (Å²) in [6.45, 7) is 0.724. The Morgan fingerprint density at radius 2 is 1.62 bits per heavy atom. The minimum Gasteiger partial charge on any atom is -0.493 e. The summed E-state index contributed by atoms with van der Waals surface area (Å²) in [7, 11) is 3.24. The molecule has 2 heterocycles. The van der Waals surface area contributed by atoms with Gasteiger partial charge >= 0.3 is 0 Å². The van der Waals surface area contributed by atoms with Crippen molar-refractivity contribution in [2.75, 3.05) is 14.2 Å². The summed E-state index contributed by atoms with van der Waals surface area (Å²) in [5.41, 5.74) is 4.69. The number of hydrogen-bond donors (Lipinski definition) is 1. The van der Waals surface area contributed by atoms with Crippen LogP contribution in [0.15, 0.2) is 48.9 Å². The highest BCUT2D eigenvalue weighted by Gasteiger charge is 2.13. The van der Waals surface area contributed by atoms with Crippen molar-refractivity contribution in [1.82, 2.24) is 14.5 Å². The van der Waals surface area contributed by atoms with Crippen LogP contribution in [-0.4, -0.2) is 33.9 Å². The summed E-state index contributed by atoms with van der Waals surface area (Å²) < 4.78 is 12.9. The second kappa shape index (κ2) is 6.65. The Balaban J connectivity index is 1.85. The van der Waals surface area contributed by atoms with Gasteiger partial charge in [-0.3, -0.25) is 4.98 Å². The molecule has 0 saturated carbocycles. The Kier molecular flexibility index (Phi) is 4.18. The van der Waals surface area contributed by atoms with Gasteiger partial charge in [0, 0.05) is 18.0 Å². The second-order valence-corrected chi connectivity index (χ2v) is 6.06. The van der Waals surface area contributed by atoms with Crippen LogP contribution in [0.25, 0.3) is 21.9 Å². The molecule has 0 amide bonds. The highest BCUT2D eigenvalue weighted by atomic mass is 16.5. The fourth-order valence-corrected chi connectivity index (χ4v) is 3.15. The van der Waals surface area contributed by atoms with Gasteiger partial charge in [-0.1, -0.05) is 24.3 Å². The molecule has 0 atom stereocenters. The lowest BCUT2D eigenvalue weighted by atomic mass is 10.1. The Morgan fingerprint density at radius 3 is 2.31 bits per heavy atom. The van der Waals surface area contributed by atoms with E-state index < -0.39 is 0 Å². The van der Waals surface area contributed by atoms with E-state index in [4.69, 9.17) is 9.47 Å². The van der Waals surface area contributed by atoms with E-state index in [-0.39, 0.29) is 6.61 Å². The SMILES string of the molecule is COc1cc2ncc3ncn(Cc4ccc(CO)cc4)c3c2cc1OC. The third-order valence-corrected chi connectivity index (χ3v) is 4.51. The highest BCUT2D eigenvalue weighted by molar-refractivity contribution is 6.03. The zero-order chi connectivity index (χ0) is 18.1. The minimum absolute atomic E-state index is 0.0478. The Bertz CT molecular complexity index is 1070. The van der Waals surface area contributed by atoms with Crippen LogP contribution >= 0.6 is 0 Å². The zero-order valence-corrected chi connectivity index (χ0v) is 14.6. The van der Waals surface area contributed by atoms with E-state index in [9.17, 15) is 5.11 Å². The van der Waals surface area contributed by atoms with Gasteiger partial charge in [-0.2, -0.15) is 0 Å². The normalized spacial score (nSPS) is 11.2. The van der Waals surface area contributed by atoms with Crippen molar-refractivity contribution in [3.8, 4) is 11.5 Å². The third-order valence-electron chi connectivity index (χ3n) is 4.51. The number of imidazole rings is 1. The maximum atomic E-state index is 9.19. The Morgan fingerprint density at radius 1 is 0.923 bits per heavy atom. The van der Waals surface area contributed by atoms with Crippen molar-refractivity contribution >= 4 is 21.9 Å². The molecule has 132 valence electrons. The van der Waals surface area contributed by atoms with E-state index in [0.29, 0.717) is 18.0 Å². The molecule has 0 radical (unpaired) electrons. The third kappa shape index (κ3) is 2.74. The maximum Gasteiger partial charge on any atom is 0.162 e. The first-order chi connectivity index (χ1) is 12.7. The largest absolute Gasteiger partial charge is 0.493 e. The molecule has 0 spiro atoms. The Hall–Kier alpha value is -3.12. The molecule has 4 rings (SSSR count). The number of nitrogens with zero attached hydrogens (tertiary/aromatic N) is 3. The minimum atomic E-state index is 0.0478. The molecule has 2 aromatic heterocycles. The van der Waals surface area contributed by atoms with Gasteiger partial charge in [0.25, 0.3) is 0 Å². The van der Waals surface area contributed by atoms with Crippen LogP contribution in [-0.2, 0) is 13.2 Å². The number of rotatable bonds is 5. The number of pyridine rings is 1. The number of aromatic nitrogens is 3. The van der Waals surface area contributed by atoms with Gasteiger partial charge < -0.3 is 19.1 Å². The lowest BCUT2D eigenvalue weighted by molar-refractivity contribution is 0.282. The average Bonchev–Trinajstić information content (AvgIpc) is 3.10. The summed E-state index contributed by atoms with van der Waals surface area (Å²) >= 11 is 0. The van der Waals surface area contributed by atoms with Gasteiger partial charge in [-0.15, -0.1) is 0 Å². The smallest absolute Gasteiger partial charge is 0.162 e. The van der Waals surface area contributed by atoms with Crippen molar-refractivity contribution in [1.29, 1.82) is 0 Å². The number of aliphatic hydroxyl groups excluding tert-OH is 1. The van der Waals surface area contributed by atoms with E-state index in [1.807, 2.05) is 42.7 Å². The van der Waals surface area contributed by atoms with E-state index in [1.54, 1.807) is 20.4 Å². The molecule has 0 fully saturated rings. The van der Waals surface area contributed by atoms with Gasteiger partial charge in [0.1, 0.15) is 5.52 Å².